The molecule has 0 fully saturated rings. The molecule has 0 saturated heterocycles. The summed E-state index contributed by atoms with van der Waals surface area (Å²) >= 11 is 3.27. The van der Waals surface area contributed by atoms with E-state index >= 15 is 0 Å². The van der Waals surface area contributed by atoms with Crippen LogP contribution in [0.5, 0.6) is 0 Å². The van der Waals surface area contributed by atoms with Gasteiger partial charge in [-0.05, 0) is 33.5 Å². The first-order chi connectivity index (χ1) is 6.40. The molecule has 0 saturated carbocycles. The normalized spacial score (nSPS) is 11.2. The van der Waals surface area contributed by atoms with Crippen molar-refractivity contribution in [1.29, 1.82) is 0 Å². The lowest BCUT2D eigenvalue weighted by atomic mass is 10.1. The summed E-state index contributed by atoms with van der Waals surface area (Å²) in [7, 11) is 0. The van der Waals surface area contributed by atoms with Crippen LogP contribution in [0.25, 0.3) is 16.8 Å². The van der Waals surface area contributed by atoms with Gasteiger partial charge < -0.3 is 0 Å². The van der Waals surface area contributed by atoms with Crippen molar-refractivity contribution < 1.29 is 0 Å². The Morgan fingerprint density at radius 1 is 0.923 bits per heavy atom. The van der Waals surface area contributed by atoms with Crippen LogP contribution in [-0.2, 0) is 0 Å². The quantitative estimate of drug-likeness (QED) is 0.692. The highest BCUT2D eigenvalue weighted by Gasteiger charge is 1.91. The third-order valence-corrected chi connectivity index (χ3v) is 2.29. The van der Waals surface area contributed by atoms with Crippen molar-refractivity contribution in [2.75, 3.05) is 0 Å². The highest BCUT2D eigenvalue weighted by Crippen LogP contribution is 2.16. The van der Waals surface area contributed by atoms with Gasteiger partial charge in [-0.15, -0.1) is 0 Å². The van der Waals surface area contributed by atoms with Crippen LogP contribution < -0.4 is 0 Å². The largest absolute Gasteiger partial charge is 0.0616 e. The molecule has 0 unspecified atom stereocenters. The van der Waals surface area contributed by atoms with Crippen molar-refractivity contribution in [3.63, 3.8) is 0 Å². The molecule has 0 nitrogen and oxygen atoms in total. The van der Waals surface area contributed by atoms with Gasteiger partial charge in [0.15, 0.2) is 0 Å². The van der Waals surface area contributed by atoms with Crippen LogP contribution in [0, 0.1) is 0 Å². The average Bonchev–Trinajstić information content (AvgIpc) is 2.18. The van der Waals surface area contributed by atoms with Gasteiger partial charge in [0.25, 0.3) is 0 Å². The second kappa shape index (κ2) is 3.75. The van der Waals surface area contributed by atoms with Crippen molar-refractivity contribution in [3.8, 4) is 0 Å². The minimum atomic E-state index is 1.22. The minimum Gasteiger partial charge on any atom is -0.0616 e. The van der Waals surface area contributed by atoms with Crippen molar-refractivity contribution in [2.24, 2.45) is 0 Å². The molecule has 0 atom stereocenters. The zero-order chi connectivity index (χ0) is 9.10. The van der Waals surface area contributed by atoms with E-state index in [4.69, 9.17) is 0 Å². The first kappa shape index (κ1) is 8.52. The summed E-state index contributed by atoms with van der Waals surface area (Å²) in [5.74, 6) is 0. The lowest BCUT2D eigenvalue weighted by Gasteiger charge is -1.98. The van der Waals surface area contributed by atoms with Crippen LogP contribution in [0.15, 0.2) is 47.4 Å². The molecule has 0 amide bonds. The number of benzene rings is 2. The Morgan fingerprint density at radius 3 is 2.46 bits per heavy atom. The summed E-state index contributed by atoms with van der Waals surface area (Å²) in [6.07, 6.45) is 2.03. The number of hydrogen-bond acceptors (Lipinski definition) is 0. The van der Waals surface area contributed by atoms with Crippen molar-refractivity contribution >= 4 is 32.8 Å². The monoisotopic (exact) mass is 232 g/mol. The van der Waals surface area contributed by atoms with Crippen molar-refractivity contribution in [3.05, 3.63) is 53.0 Å². The van der Waals surface area contributed by atoms with Crippen molar-refractivity contribution in [2.45, 2.75) is 0 Å². The molecule has 1 heteroatoms. The summed E-state index contributed by atoms with van der Waals surface area (Å²) in [4.78, 5) is 1.87. The molecule has 0 aliphatic carbocycles. The molecule has 0 radical (unpaired) electrons. The summed E-state index contributed by atoms with van der Waals surface area (Å²) in [5, 5.41) is 2.57. The maximum absolute atomic E-state index is 3.27. The van der Waals surface area contributed by atoms with Crippen LogP contribution in [-0.4, -0.2) is 0 Å². The van der Waals surface area contributed by atoms with E-state index < -0.39 is 0 Å². The first-order valence-electron chi connectivity index (χ1n) is 4.16. The molecule has 2 rings (SSSR count). The third kappa shape index (κ3) is 1.81. The third-order valence-electron chi connectivity index (χ3n) is 2.03. The Kier molecular flexibility index (Phi) is 2.46. The zero-order valence-corrected chi connectivity index (χ0v) is 8.66. The Balaban J connectivity index is 2.62. The maximum atomic E-state index is 3.27. The molecular formula is C12H9Br. The van der Waals surface area contributed by atoms with Gasteiger partial charge in [-0.3, -0.25) is 0 Å². The molecule has 0 aliphatic rings. The predicted molar refractivity (Wildman–Crippen MR) is 61.9 cm³/mol. The highest BCUT2D eigenvalue weighted by atomic mass is 79.9. The second-order valence-electron chi connectivity index (χ2n) is 2.90. The molecule has 0 bridgehead atoms. The van der Waals surface area contributed by atoms with Crippen LogP contribution in [0.3, 0.4) is 0 Å². The predicted octanol–water partition coefficient (Wildman–Crippen LogP) is 4.21. The number of halogens is 1. The van der Waals surface area contributed by atoms with E-state index in [0.29, 0.717) is 0 Å². The molecule has 2 aromatic rings. The fraction of sp³-hybridized carbons (Fsp3) is 0. The molecule has 0 aromatic heterocycles. The van der Waals surface area contributed by atoms with E-state index in [-0.39, 0.29) is 0 Å². The molecule has 0 spiro atoms. The van der Waals surface area contributed by atoms with Gasteiger partial charge in [-0.2, -0.15) is 0 Å². The Labute approximate surface area is 86.0 Å². The average molecular weight is 233 g/mol. The zero-order valence-electron chi connectivity index (χ0n) is 7.07. The second-order valence-corrected chi connectivity index (χ2v) is 3.43. The Hall–Kier alpha value is -1.08. The number of fused-ring (bicyclic) bond motifs is 1. The van der Waals surface area contributed by atoms with Gasteiger partial charge in [0.1, 0.15) is 0 Å². The lowest BCUT2D eigenvalue weighted by molar-refractivity contribution is 1.71. The molecule has 13 heavy (non-hydrogen) atoms. The summed E-state index contributed by atoms with van der Waals surface area (Å²) in [6.45, 7) is 0. The van der Waals surface area contributed by atoms with Gasteiger partial charge in [0.2, 0.25) is 0 Å². The molecule has 0 heterocycles. The van der Waals surface area contributed by atoms with Crippen LogP contribution in [0.4, 0.5) is 0 Å². The number of rotatable bonds is 1. The van der Waals surface area contributed by atoms with Gasteiger partial charge in [0.05, 0.1) is 0 Å². The van der Waals surface area contributed by atoms with Gasteiger partial charge in [-0.1, -0.05) is 52.3 Å². The van der Waals surface area contributed by atoms with E-state index in [2.05, 4.69) is 58.4 Å². The molecule has 64 valence electrons. The summed E-state index contributed by atoms with van der Waals surface area (Å²) < 4.78 is 0. The standard InChI is InChI=1S/C12H9Br/c13-8-7-10-5-6-11-3-1-2-4-12(11)9-10/h1-9H/b8-7-. The fourth-order valence-corrected chi connectivity index (χ4v) is 1.69. The smallest absolute Gasteiger partial charge is 0.0178 e. The van der Waals surface area contributed by atoms with E-state index in [1.54, 1.807) is 0 Å². The summed E-state index contributed by atoms with van der Waals surface area (Å²) in [6, 6.07) is 14.8. The first-order valence-corrected chi connectivity index (χ1v) is 5.07. The van der Waals surface area contributed by atoms with Crippen LogP contribution in [0.1, 0.15) is 5.56 Å². The van der Waals surface area contributed by atoms with E-state index in [9.17, 15) is 0 Å². The van der Waals surface area contributed by atoms with Crippen LogP contribution >= 0.6 is 15.9 Å². The Bertz CT molecular complexity index is 444. The van der Waals surface area contributed by atoms with E-state index in [1.165, 1.54) is 16.3 Å². The Morgan fingerprint density at radius 2 is 1.69 bits per heavy atom. The molecule has 2 aromatic carbocycles. The van der Waals surface area contributed by atoms with Gasteiger partial charge >= 0.3 is 0 Å². The lowest BCUT2D eigenvalue weighted by Crippen LogP contribution is -1.73. The highest BCUT2D eigenvalue weighted by molar-refractivity contribution is 9.11. The summed E-state index contributed by atoms with van der Waals surface area (Å²) in [5.41, 5.74) is 1.22. The van der Waals surface area contributed by atoms with Gasteiger partial charge in [-0.25, -0.2) is 0 Å². The van der Waals surface area contributed by atoms with Crippen LogP contribution in [0.2, 0.25) is 0 Å². The number of hydrogen-bond donors (Lipinski definition) is 0. The van der Waals surface area contributed by atoms with E-state index in [1.807, 2.05) is 11.1 Å². The minimum absolute atomic E-state index is 1.22. The topological polar surface area (TPSA) is 0 Å². The van der Waals surface area contributed by atoms with Gasteiger partial charge in [0, 0.05) is 0 Å². The van der Waals surface area contributed by atoms with E-state index in [0.717, 1.165) is 0 Å². The fourth-order valence-electron chi connectivity index (χ4n) is 1.38. The molecule has 0 aliphatic heterocycles. The maximum Gasteiger partial charge on any atom is -0.0178 e. The SMILES string of the molecule is Br/C=C\c1ccc2ccccc2c1. The van der Waals surface area contributed by atoms with Crippen molar-refractivity contribution in [1.82, 2.24) is 0 Å². The molecule has 0 N–H and O–H groups in total. The molecular weight excluding hydrogens is 224 g/mol.